The SMILES string of the molecule is CCCCCCCCCCCCCCCCCC(=O)OC[C@@H](COC(=O)CCCCCCCCCCCCCCCC)OC(=O)CCCCCCCCCCCCCCCCCC(C)C. The predicted molar refractivity (Wildman–Crippen MR) is 280 cm³/mol. The summed E-state index contributed by atoms with van der Waals surface area (Å²) in [6.45, 7) is 9.07. The van der Waals surface area contributed by atoms with Crippen molar-refractivity contribution < 1.29 is 28.6 Å². The van der Waals surface area contributed by atoms with Gasteiger partial charge >= 0.3 is 17.9 Å². The zero-order chi connectivity index (χ0) is 47.4. The van der Waals surface area contributed by atoms with E-state index in [1.165, 1.54) is 231 Å². The van der Waals surface area contributed by atoms with E-state index >= 15 is 0 Å². The quantitative estimate of drug-likeness (QED) is 0.0344. The van der Waals surface area contributed by atoms with E-state index in [0.29, 0.717) is 19.3 Å². The number of hydrogen-bond acceptors (Lipinski definition) is 6. The molecule has 65 heavy (non-hydrogen) atoms. The Kier molecular flexibility index (Phi) is 52.1. The molecule has 0 unspecified atom stereocenters. The van der Waals surface area contributed by atoms with Crippen molar-refractivity contribution in [2.45, 2.75) is 342 Å². The maximum atomic E-state index is 12.9. The van der Waals surface area contributed by atoms with Gasteiger partial charge in [0, 0.05) is 19.3 Å². The van der Waals surface area contributed by atoms with E-state index in [0.717, 1.165) is 63.7 Å². The van der Waals surface area contributed by atoms with Crippen LogP contribution in [0.25, 0.3) is 0 Å². The minimum atomic E-state index is -0.762. The van der Waals surface area contributed by atoms with Crippen LogP contribution in [0.15, 0.2) is 0 Å². The van der Waals surface area contributed by atoms with Gasteiger partial charge in [0.05, 0.1) is 0 Å². The Labute approximate surface area is 406 Å². The molecule has 1 atom stereocenters. The lowest BCUT2D eigenvalue weighted by Crippen LogP contribution is -2.30. The average molecular weight is 920 g/mol. The van der Waals surface area contributed by atoms with Gasteiger partial charge in [0.15, 0.2) is 6.10 Å². The van der Waals surface area contributed by atoms with Crippen LogP contribution in [0.4, 0.5) is 0 Å². The van der Waals surface area contributed by atoms with Crippen molar-refractivity contribution in [3.8, 4) is 0 Å². The fourth-order valence-electron chi connectivity index (χ4n) is 9.10. The Morgan fingerprint density at radius 1 is 0.292 bits per heavy atom. The van der Waals surface area contributed by atoms with E-state index in [1.807, 2.05) is 0 Å². The van der Waals surface area contributed by atoms with E-state index in [2.05, 4.69) is 27.7 Å². The minimum Gasteiger partial charge on any atom is -0.462 e. The summed E-state index contributed by atoms with van der Waals surface area (Å²) < 4.78 is 16.9. The molecule has 0 aliphatic rings. The molecule has 0 spiro atoms. The summed E-state index contributed by atoms with van der Waals surface area (Å²) in [4.78, 5) is 38.1. The third-order valence-corrected chi connectivity index (χ3v) is 13.5. The zero-order valence-corrected chi connectivity index (χ0v) is 44.5. The van der Waals surface area contributed by atoms with Gasteiger partial charge in [-0.15, -0.1) is 0 Å². The lowest BCUT2D eigenvalue weighted by atomic mass is 10.0. The van der Waals surface area contributed by atoms with Crippen LogP contribution < -0.4 is 0 Å². The molecule has 0 bridgehead atoms. The summed E-state index contributed by atoms with van der Waals surface area (Å²) in [7, 11) is 0. The predicted octanol–water partition coefficient (Wildman–Crippen LogP) is 19.4. The number of carbonyl (C=O) groups is 3. The Bertz CT molecular complexity index is 980. The van der Waals surface area contributed by atoms with Crippen LogP contribution in [0.5, 0.6) is 0 Å². The molecular weight excluding hydrogens is 805 g/mol. The van der Waals surface area contributed by atoms with Gasteiger partial charge in [0.1, 0.15) is 13.2 Å². The molecule has 386 valence electrons. The van der Waals surface area contributed by atoms with Gasteiger partial charge < -0.3 is 14.2 Å². The molecule has 0 N–H and O–H groups in total. The first-order valence-electron chi connectivity index (χ1n) is 29.4. The highest BCUT2D eigenvalue weighted by Crippen LogP contribution is 2.18. The van der Waals surface area contributed by atoms with Crippen molar-refractivity contribution in [1.29, 1.82) is 0 Å². The molecular formula is C59H114O6. The molecule has 0 aliphatic carbocycles. The lowest BCUT2D eigenvalue weighted by Gasteiger charge is -2.18. The second-order valence-electron chi connectivity index (χ2n) is 20.8. The summed E-state index contributed by atoms with van der Waals surface area (Å²) in [6, 6.07) is 0. The normalized spacial score (nSPS) is 12.0. The van der Waals surface area contributed by atoms with Crippen LogP contribution in [-0.4, -0.2) is 37.2 Å². The zero-order valence-electron chi connectivity index (χ0n) is 44.5. The number of carbonyl (C=O) groups excluding carboxylic acids is 3. The van der Waals surface area contributed by atoms with Gasteiger partial charge in [-0.25, -0.2) is 0 Å². The van der Waals surface area contributed by atoms with Crippen molar-refractivity contribution >= 4 is 17.9 Å². The van der Waals surface area contributed by atoms with E-state index < -0.39 is 6.10 Å². The standard InChI is InChI=1S/C59H114O6/c1-5-7-9-11-13-15-17-19-22-27-31-35-39-43-47-51-58(61)64-54-56(53-63-57(60)50-46-42-38-34-30-26-20-18-16-14-12-10-8-6-2)65-59(62)52-48-44-40-36-32-28-24-21-23-25-29-33-37-41-45-49-55(3)4/h55-56H,5-54H2,1-4H3/t56-/m1/s1. The van der Waals surface area contributed by atoms with Crippen LogP contribution >= 0.6 is 0 Å². The molecule has 6 heteroatoms. The highest BCUT2D eigenvalue weighted by molar-refractivity contribution is 5.71. The number of ether oxygens (including phenoxy) is 3. The Balaban J connectivity index is 4.29. The van der Waals surface area contributed by atoms with Crippen LogP contribution in [-0.2, 0) is 28.6 Å². The number of esters is 3. The first-order valence-corrected chi connectivity index (χ1v) is 29.4. The smallest absolute Gasteiger partial charge is 0.306 e. The minimum absolute atomic E-state index is 0.0616. The molecule has 0 amide bonds. The maximum absolute atomic E-state index is 12.9. The summed E-state index contributed by atoms with van der Waals surface area (Å²) in [5.74, 6) is 0.0148. The highest BCUT2D eigenvalue weighted by atomic mass is 16.6. The van der Waals surface area contributed by atoms with Gasteiger partial charge in [-0.05, 0) is 25.2 Å². The van der Waals surface area contributed by atoms with Gasteiger partial charge in [-0.2, -0.15) is 0 Å². The maximum Gasteiger partial charge on any atom is 0.306 e. The molecule has 0 aromatic rings. The fourth-order valence-corrected chi connectivity index (χ4v) is 9.10. The highest BCUT2D eigenvalue weighted by Gasteiger charge is 2.19. The second-order valence-corrected chi connectivity index (χ2v) is 20.8. The third-order valence-electron chi connectivity index (χ3n) is 13.5. The average Bonchev–Trinajstić information content (AvgIpc) is 3.29. The second kappa shape index (κ2) is 53.4. The van der Waals surface area contributed by atoms with E-state index in [1.54, 1.807) is 0 Å². The van der Waals surface area contributed by atoms with Gasteiger partial charge in [-0.3, -0.25) is 14.4 Å². The van der Waals surface area contributed by atoms with Crippen molar-refractivity contribution in [3.63, 3.8) is 0 Å². The Morgan fingerprint density at radius 3 is 0.754 bits per heavy atom. The lowest BCUT2D eigenvalue weighted by molar-refractivity contribution is -0.167. The van der Waals surface area contributed by atoms with Gasteiger partial charge in [0.25, 0.3) is 0 Å². The van der Waals surface area contributed by atoms with E-state index in [9.17, 15) is 14.4 Å². The van der Waals surface area contributed by atoms with E-state index in [4.69, 9.17) is 14.2 Å². The van der Waals surface area contributed by atoms with E-state index in [-0.39, 0.29) is 31.1 Å². The summed E-state index contributed by atoms with van der Waals surface area (Å²) in [6.07, 6.45) is 58.0. The summed E-state index contributed by atoms with van der Waals surface area (Å²) >= 11 is 0. The third kappa shape index (κ3) is 53.2. The molecule has 0 radical (unpaired) electrons. The molecule has 6 nitrogen and oxygen atoms in total. The number of hydrogen-bond donors (Lipinski definition) is 0. The van der Waals surface area contributed by atoms with Crippen molar-refractivity contribution in [3.05, 3.63) is 0 Å². The molecule has 0 aromatic heterocycles. The van der Waals surface area contributed by atoms with Gasteiger partial charge in [-0.1, -0.05) is 297 Å². The van der Waals surface area contributed by atoms with Crippen LogP contribution in [0, 0.1) is 5.92 Å². The van der Waals surface area contributed by atoms with Gasteiger partial charge in [0.2, 0.25) is 0 Å². The number of unbranched alkanes of at least 4 members (excludes halogenated alkanes) is 41. The van der Waals surface area contributed by atoms with Crippen molar-refractivity contribution in [2.24, 2.45) is 5.92 Å². The molecule has 0 saturated heterocycles. The molecule has 0 rings (SSSR count). The number of rotatable bonds is 54. The fraction of sp³-hybridized carbons (Fsp3) is 0.949. The summed E-state index contributed by atoms with van der Waals surface area (Å²) in [5.41, 5.74) is 0. The first-order chi connectivity index (χ1) is 31.9. The molecule has 0 saturated carbocycles. The van der Waals surface area contributed by atoms with Crippen molar-refractivity contribution in [2.75, 3.05) is 13.2 Å². The molecule has 0 fully saturated rings. The van der Waals surface area contributed by atoms with Crippen LogP contribution in [0.1, 0.15) is 336 Å². The van der Waals surface area contributed by atoms with Crippen LogP contribution in [0.2, 0.25) is 0 Å². The topological polar surface area (TPSA) is 78.9 Å². The first kappa shape index (κ1) is 63.4. The van der Waals surface area contributed by atoms with Crippen LogP contribution in [0.3, 0.4) is 0 Å². The Hall–Kier alpha value is -1.59. The molecule has 0 heterocycles. The van der Waals surface area contributed by atoms with Crippen molar-refractivity contribution in [1.82, 2.24) is 0 Å². The summed E-state index contributed by atoms with van der Waals surface area (Å²) in [5, 5.41) is 0. The largest absolute Gasteiger partial charge is 0.462 e. The monoisotopic (exact) mass is 919 g/mol. The Morgan fingerprint density at radius 2 is 0.508 bits per heavy atom. The molecule has 0 aromatic carbocycles. The molecule has 0 aliphatic heterocycles.